The fourth-order valence-electron chi connectivity index (χ4n) is 3.34. The maximum atomic E-state index is 5.48. The SMILES string of the molecule is CCCCCCCCC(NC)C(C)(C)N1CCOCC1. The summed E-state index contributed by atoms with van der Waals surface area (Å²) >= 11 is 0. The average Bonchev–Trinajstić information content (AvgIpc) is 2.47. The summed E-state index contributed by atoms with van der Waals surface area (Å²) in [5.74, 6) is 0. The number of nitrogens with one attached hydrogen (secondary N) is 1. The normalized spacial score (nSPS) is 19.2. The monoisotopic (exact) mass is 284 g/mol. The highest BCUT2D eigenvalue weighted by Gasteiger charge is 2.34. The topological polar surface area (TPSA) is 24.5 Å². The van der Waals surface area contributed by atoms with Crippen molar-refractivity contribution >= 4 is 0 Å². The molecule has 1 N–H and O–H groups in total. The van der Waals surface area contributed by atoms with Crippen LogP contribution in [0.5, 0.6) is 0 Å². The lowest BCUT2D eigenvalue weighted by Gasteiger charge is -2.46. The summed E-state index contributed by atoms with van der Waals surface area (Å²) in [5.41, 5.74) is 0.224. The van der Waals surface area contributed by atoms with E-state index in [9.17, 15) is 0 Å². The lowest BCUT2D eigenvalue weighted by atomic mass is 9.88. The summed E-state index contributed by atoms with van der Waals surface area (Å²) in [4.78, 5) is 2.59. The number of morpholine rings is 1. The van der Waals surface area contributed by atoms with Gasteiger partial charge in [-0.1, -0.05) is 45.4 Å². The molecule has 1 fully saturated rings. The average molecular weight is 284 g/mol. The van der Waals surface area contributed by atoms with Crippen LogP contribution < -0.4 is 5.32 Å². The molecule has 0 aromatic carbocycles. The first-order valence-electron chi connectivity index (χ1n) is 8.63. The number of ether oxygens (including phenoxy) is 1. The van der Waals surface area contributed by atoms with Gasteiger partial charge in [0, 0.05) is 24.7 Å². The van der Waals surface area contributed by atoms with Crippen LogP contribution in [0.15, 0.2) is 0 Å². The van der Waals surface area contributed by atoms with E-state index in [-0.39, 0.29) is 5.54 Å². The summed E-state index contributed by atoms with van der Waals surface area (Å²) in [5, 5.41) is 3.56. The van der Waals surface area contributed by atoms with Gasteiger partial charge in [-0.25, -0.2) is 0 Å². The second-order valence-corrected chi connectivity index (χ2v) is 6.65. The van der Waals surface area contributed by atoms with Gasteiger partial charge in [0.15, 0.2) is 0 Å². The fraction of sp³-hybridized carbons (Fsp3) is 1.00. The van der Waals surface area contributed by atoms with Crippen LogP contribution in [-0.4, -0.2) is 49.8 Å². The molecular formula is C17H36N2O. The molecule has 0 radical (unpaired) electrons. The molecule has 1 atom stereocenters. The molecule has 0 bridgehead atoms. The fourth-order valence-corrected chi connectivity index (χ4v) is 3.34. The van der Waals surface area contributed by atoms with E-state index in [0.717, 1.165) is 26.3 Å². The molecule has 1 aliphatic heterocycles. The van der Waals surface area contributed by atoms with Crippen LogP contribution in [0.2, 0.25) is 0 Å². The van der Waals surface area contributed by atoms with Crippen molar-refractivity contribution in [1.82, 2.24) is 10.2 Å². The molecule has 0 aromatic heterocycles. The van der Waals surface area contributed by atoms with E-state index in [1.54, 1.807) is 0 Å². The molecular weight excluding hydrogens is 248 g/mol. The third-order valence-corrected chi connectivity index (χ3v) is 4.87. The number of hydrogen-bond acceptors (Lipinski definition) is 3. The van der Waals surface area contributed by atoms with Crippen molar-refractivity contribution in [3.8, 4) is 0 Å². The van der Waals surface area contributed by atoms with Gasteiger partial charge in [0.1, 0.15) is 0 Å². The highest BCUT2D eigenvalue weighted by molar-refractivity contribution is 4.93. The van der Waals surface area contributed by atoms with E-state index in [4.69, 9.17) is 4.74 Å². The first-order chi connectivity index (χ1) is 9.62. The van der Waals surface area contributed by atoms with Crippen LogP contribution in [-0.2, 0) is 4.74 Å². The Hall–Kier alpha value is -0.120. The maximum Gasteiger partial charge on any atom is 0.0594 e. The number of unbranched alkanes of at least 4 members (excludes halogenated alkanes) is 5. The summed E-state index contributed by atoms with van der Waals surface area (Å²) in [6.07, 6.45) is 9.57. The molecule has 0 saturated carbocycles. The molecule has 1 rings (SSSR count). The van der Waals surface area contributed by atoms with Gasteiger partial charge in [-0.05, 0) is 27.3 Å². The Kier molecular flexibility index (Phi) is 8.74. The smallest absolute Gasteiger partial charge is 0.0594 e. The number of likely N-dealkylation sites (N-methyl/N-ethyl adjacent to an activating group) is 1. The Morgan fingerprint density at radius 1 is 1.05 bits per heavy atom. The lowest BCUT2D eigenvalue weighted by Crippen LogP contribution is -2.59. The summed E-state index contributed by atoms with van der Waals surface area (Å²) in [7, 11) is 2.12. The zero-order valence-electron chi connectivity index (χ0n) is 14.2. The molecule has 0 spiro atoms. The third-order valence-electron chi connectivity index (χ3n) is 4.87. The Balaban J connectivity index is 2.31. The van der Waals surface area contributed by atoms with Crippen LogP contribution in [0.3, 0.4) is 0 Å². The molecule has 1 saturated heterocycles. The first kappa shape index (κ1) is 17.9. The zero-order valence-corrected chi connectivity index (χ0v) is 14.2. The van der Waals surface area contributed by atoms with Crippen molar-refractivity contribution in [2.45, 2.75) is 77.3 Å². The van der Waals surface area contributed by atoms with E-state index < -0.39 is 0 Å². The highest BCUT2D eigenvalue weighted by atomic mass is 16.5. The molecule has 3 heteroatoms. The lowest BCUT2D eigenvalue weighted by molar-refractivity contribution is -0.0237. The minimum Gasteiger partial charge on any atom is -0.379 e. The molecule has 1 unspecified atom stereocenters. The van der Waals surface area contributed by atoms with Gasteiger partial charge in [-0.2, -0.15) is 0 Å². The summed E-state index contributed by atoms with van der Waals surface area (Å²) in [6.45, 7) is 11.0. The molecule has 0 aromatic rings. The Bertz CT molecular complexity index is 237. The second-order valence-electron chi connectivity index (χ2n) is 6.65. The van der Waals surface area contributed by atoms with Gasteiger partial charge >= 0.3 is 0 Å². The van der Waals surface area contributed by atoms with Gasteiger partial charge in [0.05, 0.1) is 13.2 Å². The quantitative estimate of drug-likeness (QED) is 0.622. The van der Waals surface area contributed by atoms with Crippen molar-refractivity contribution in [2.24, 2.45) is 0 Å². The minimum atomic E-state index is 0.224. The van der Waals surface area contributed by atoms with Crippen LogP contribution in [0.4, 0.5) is 0 Å². The predicted octanol–water partition coefficient (Wildman–Crippen LogP) is 3.44. The van der Waals surface area contributed by atoms with Crippen LogP contribution in [0.1, 0.15) is 65.7 Å². The van der Waals surface area contributed by atoms with E-state index >= 15 is 0 Å². The number of rotatable bonds is 10. The third kappa shape index (κ3) is 5.71. The molecule has 1 aliphatic rings. The van der Waals surface area contributed by atoms with Crippen molar-refractivity contribution in [1.29, 1.82) is 0 Å². The van der Waals surface area contributed by atoms with E-state index in [1.165, 1.54) is 44.9 Å². The van der Waals surface area contributed by atoms with Crippen molar-refractivity contribution in [3.05, 3.63) is 0 Å². The van der Waals surface area contributed by atoms with E-state index in [0.29, 0.717) is 6.04 Å². The molecule has 120 valence electrons. The summed E-state index contributed by atoms with van der Waals surface area (Å²) < 4.78 is 5.48. The van der Waals surface area contributed by atoms with Gasteiger partial charge in [0.2, 0.25) is 0 Å². The van der Waals surface area contributed by atoms with Gasteiger partial charge in [-0.3, -0.25) is 4.90 Å². The first-order valence-corrected chi connectivity index (χ1v) is 8.63. The zero-order chi connectivity index (χ0) is 14.8. The van der Waals surface area contributed by atoms with Crippen LogP contribution >= 0.6 is 0 Å². The van der Waals surface area contributed by atoms with Gasteiger partial charge in [-0.15, -0.1) is 0 Å². The molecule has 20 heavy (non-hydrogen) atoms. The second kappa shape index (κ2) is 9.75. The van der Waals surface area contributed by atoms with E-state index in [2.05, 4.69) is 38.0 Å². The van der Waals surface area contributed by atoms with Crippen molar-refractivity contribution in [2.75, 3.05) is 33.4 Å². The molecule has 0 aliphatic carbocycles. The number of nitrogens with zero attached hydrogens (tertiary/aromatic N) is 1. The Morgan fingerprint density at radius 2 is 1.65 bits per heavy atom. The number of hydrogen-bond donors (Lipinski definition) is 1. The molecule has 0 amide bonds. The van der Waals surface area contributed by atoms with Gasteiger partial charge < -0.3 is 10.1 Å². The molecule has 3 nitrogen and oxygen atoms in total. The van der Waals surface area contributed by atoms with Crippen LogP contribution in [0, 0.1) is 0 Å². The largest absolute Gasteiger partial charge is 0.379 e. The summed E-state index contributed by atoms with van der Waals surface area (Å²) in [6, 6.07) is 0.576. The highest BCUT2D eigenvalue weighted by Crippen LogP contribution is 2.24. The predicted molar refractivity (Wildman–Crippen MR) is 87.3 cm³/mol. The van der Waals surface area contributed by atoms with Crippen molar-refractivity contribution < 1.29 is 4.74 Å². The van der Waals surface area contributed by atoms with E-state index in [1.807, 2.05) is 0 Å². The Labute approximate surface area is 126 Å². The molecule has 1 heterocycles. The van der Waals surface area contributed by atoms with Crippen molar-refractivity contribution in [3.63, 3.8) is 0 Å². The van der Waals surface area contributed by atoms with Gasteiger partial charge in [0.25, 0.3) is 0 Å². The van der Waals surface area contributed by atoms with Crippen LogP contribution in [0.25, 0.3) is 0 Å². The standard InChI is InChI=1S/C17H36N2O/c1-5-6-7-8-9-10-11-16(18-4)17(2,3)19-12-14-20-15-13-19/h16,18H,5-15H2,1-4H3. The maximum absolute atomic E-state index is 5.48. The Morgan fingerprint density at radius 3 is 2.25 bits per heavy atom. The minimum absolute atomic E-state index is 0.224.